The number of carbonyl (C=O) groups is 2. The van der Waals surface area contributed by atoms with Gasteiger partial charge in [-0.3, -0.25) is 0 Å². The molecule has 0 aromatic rings. The van der Waals surface area contributed by atoms with Gasteiger partial charge >= 0.3 is 11.9 Å². The Labute approximate surface area is 501 Å². The van der Waals surface area contributed by atoms with E-state index in [1.54, 1.807) is 12.2 Å². The summed E-state index contributed by atoms with van der Waals surface area (Å²) in [4.78, 5) is 26.9. The third-order valence-electron chi connectivity index (χ3n) is 18.9. The lowest BCUT2D eigenvalue weighted by atomic mass is 9.72. The summed E-state index contributed by atoms with van der Waals surface area (Å²) in [6.07, 6.45) is -31.3. The highest BCUT2D eigenvalue weighted by Crippen LogP contribution is 2.46. The summed E-state index contributed by atoms with van der Waals surface area (Å²) < 4.78 is 72.2. The van der Waals surface area contributed by atoms with Crippen molar-refractivity contribution in [3.63, 3.8) is 0 Å². The van der Waals surface area contributed by atoms with Crippen LogP contribution in [-0.2, 0) is 66.4 Å². The van der Waals surface area contributed by atoms with E-state index in [-0.39, 0.29) is 43.9 Å². The first-order valence-corrected chi connectivity index (χ1v) is 30.4. The predicted octanol–water partition coefficient (Wildman–Crippen LogP) is -5.96. The SMILES string of the molecule is COC1CC(C=CC(=O)O[C@H]2[C@H](O[C@H]3[C@H](OC4CC5C(CC(O)CC5O[C@@H]5O[C@H](CO)[C@@H](O)[C@H](O)[C@H]5O)OC4C4CCC(O)C(O)C4)O[C@H](COC(=O)C=CC4CCC(O[C@@H]5O[C@H](CO)[C@@H](O)[C@H](O)[C@H]5O)CC4)[C@@H](O)[C@@H]3O)OC[C@@H](O)[C@@H]2O)CCC1O. The van der Waals surface area contributed by atoms with Gasteiger partial charge in [0, 0.05) is 31.6 Å². The van der Waals surface area contributed by atoms with E-state index in [0.717, 1.165) is 6.08 Å². The number of esters is 2. The fourth-order valence-corrected chi connectivity index (χ4v) is 13.7. The Morgan fingerprint density at radius 2 is 1.07 bits per heavy atom. The van der Waals surface area contributed by atoms with Crippen LogP contribution in [0.2, 0.25) is 0 Å². The van der Waals surface area contributed by atoms with Gasteiger partial charge in [0.2, 0.25) is 0 Å². The van der Waals surface area contributed by atoms with Crippen LogP contribution in [0.1, 0.15) is 83.5 Å². The zero-order valence-corrected chi connectivity index (χ0v) is 48.3. The van der Waals surface area contributed by atoms with Crippen molar-refractivity contribution in [1.29, 1.82) is 0 Å². The molecule has 87 heavy (non-hydrogen) atoms. The number of ether oxygens (including phenoxy) is 12. The fourth-order valence-electron chi connectivity index (χ4n) is 13.7. The van der Waals surface area contributed by atoms with Crippen molar-refractivity contribution in [3.8, 4) is 0 Å². The first kappa shape index (κ1) is 68.7. The molecule has 0 amide bonds. The Bertz CT molecular complexity index is 2220. The molecule has 0 bridgehead atoms. The van der Waals surface area contributed by atoms with Gasteiger partial charge < -0.3 is 139 Å². The fraction of sp³-hybridized carbons (Fsp3) is 0.895. The van der Waals surface area contributed by atoms with Crippen molar-refractivity contribution >= 4 is 11.9 Å². The van der Waals surface area contributed by atoms with Crippen LogP contribution in [0.25, 0.3) is 0 Å². The zero-order valence-electron chi connectivity index (χ0n) is 48.3. The maximum atomic E-state index is 13.5. The lowest BCUT2D eigenvalue weighted by molar-refractivity contribution is -0.373. The molecule has 5 saturated heterocycles. The molecule has 498 valence electrons. The average molecular weight is 1260 g/mol. The summed E-state index contributed by atoms with van der Waals surface area (Å²) in [5.74, 6) is -3.48. The summed E-state index contributed by atoms with van der Waals surface area (Å²) in [5.41, 5.74) is 0. The molecule has 5 aliphatic heterocycles. The molecule has 0 radical (unpaired) electrons. The van der Waals surface area contributed by atoms with E-state index in [0.29, 0.717) is 51.4 Å². The van der Waals surface area contributed by atoms with Crippen LogP contribution in [0, 0.1) is 23.7 Å². The Balaban J connectivity index is 0.936. The number of hydrogen-bond acceptors (Lipinski definition) is 30. The molecule has 30 nitrogen and oxygen atoms in total. The summed E-state index contributed by atoms with van der Waals surface area (Å²) in [7, 11) is 1.46. The second-order valence-corrected chi connectivity index (χ2v) is 24.8. The van der Waals surface area contributed by atoms with Gasteiger partial charge in [-0.25, -0.2) is 9.59 Å². The Kier molecular flexibility index (Phi) is 24.4. The monoisotopic (exact) mass is 1250 g/mol. The molecule has 0 aromatic heterocycles. The molecule has 0 spiro atoms. The van der Waals surface area contributed by atoms with Gasteiger partial charge in [-0.15, -0.1) is 0 Å². The summed E-state index contributed by atoms with van der Waals surface area (Å²) in [6, 6.07) is 0. The second-order valence-electron chi connectivity index (χ2n) is 24.8. The van der Waals surface area contributed by atoms with Gasteiger partial charge in [-0.2, -0.15) is 0 Å². The van der Waals surface area contributed by atoms with Crippen LogP contribution < -0.4 is 0 Å². The number of aliphatic hydroxyl groups excluding tert-OH is 16. The Morgan fingerprint density at radius 1 is 0.471 bits per heavy atom. The summed E-state index contributed by atoms with van der Waals surface area (Å²) >= 11 is 0. The minimum Gasteiger partial charge on any atom is -0.460 e. The number of allylic oxidation sites excluding steroid dienone is 2. The number of hydrogen-bond donors (Lipinski definition) is 16. The number of aliphatic hydroxyl groups is 16. The number of rotatable bonds is 19. The molecular weight excluding hydrogens is 1160 g/mol. The third kappa shape index (κ3) is 16.4. The molecule has 31 atom stereocenters. The first-order chi connectivity index (χ1) is 41.5. The van der Waals surface area contributed by atoms with E-state index >= 15 is 0 Å². The highest BCUT2D eigenvalue weighted by molar-refractivity contribution is 5.82. The van der Waals surface area contributed by atoms with Crippen LogP contribution >= 0.6 is 0 Å². The van der Waals surface area contributed by atoms with Crippen LogP contribution in [0.15, 0.2) is 24.3 Å². The van der Waals surface area contributed by atoms with Crippen molar-refractivity contribution in [2.75, 3.05) is 33.5 Å². The molecular formula is C57H90O30. The lowest BCUT2D eigenvalue weighted by Gasteiger charge is -2.53. The third-order valence-corrected chi connectivity index (χ3v) is 18.9. The van der Waals surface area contributed by atoms with Gasteiger partial charge in [-0.1, -0.05) is 12.2 Å². The summed E-state index contributed by atoms with van der Waals surface area (Å²) in [5, 5.41) is 172. The van der Waals surface area contributed by atoms with Crippen LogP contribution in [-0.4, -0.2) is 305 Å². The van der Waals surface area contributed by atoms with Gasteiger partial charge in [-0.05, 0) is 94.8 Å². The molecule has 12 unspecified atom stereocenters. The number of carbonyl (C=O) groups excluding carboxylic acids is 2. The van der Waals surface area contributed by atoms with E-state index in [4.69, 9.17) is 56.8 Å². The van der Waals surface area contributed by atoms with E-state index in [1.807, 2.05) is 0 Å². The molecule has 9 fully saturated rings. The maximum absolute atomic E-state index is 13.5. The van der Waals surface area contributed by atoms with Gasteiger partial charge in [0.15, 0.2) is 31.3 Å². The van der Waals surface area contributed by atoms with Crippen molar-refractivity contribution < 1.29 is 148 Å². The largest absolute Gasteiger partial charge is 0.460 e. The molecule has 9 rings (SSSR count). The molecule has 5 heterocycles. The summed E-state index contributed by atoms with van der Waals surface area (Å²) in [6.45, 7) is -2.62. The van der Waals surface area contributed by atoms with E-state index in [2.05, 4.69) is 0 Å². The Morgan fingerprint density at radius 3 is 1.72 bits per heavy atom. The molecule has 4 saturated carbocycles. The van der Waals surface area contributed by atoms with Crippen molar-refractivity contribution in [1.82, 2.24) is 0 Å². The lowest BCUT2D eigenvalue weighted by Crippen LogP contribution is -2.65. The van der Waals surface area contributed by atoms with Crippen LogP contribution in [0.4, 0.5) is 0 Å². The molecule has 4 aliphatic carbocycles. The number of fused-ring (bicyclic) bond motifs is 1. The van der Waals surface area contributed by atoms with E-state index in [9.17, 15) is 91.3 Å². The molecule has 16 N–H and O–H groups in total. The standard InChI is InChI=1S/C57H90O30/c1-76-35-14-24(4-10-30(35)62)6-13-41(66)86-52-42(67)32(64)21-78-56(52)87-53-48(73)45(70)39(22-77-40(65)12-5-23-2-8-27(9-3-23)79-54-49(74)46(71)43(68)37(19-58)83-54)85-57(53)82-36-18-28-33(80-51(36)25-7-11-29(61)31(63)15-25)16-26(60)17-34(28)81-55-50(75)47(72)44(69)38(20-59)84-55/h5-6,12-13,23-39,42-64,67-75H,2-4,7-11,14-22H2,1H3/t23?,24?,25?,26?,27?,28?,29?,30?,31?,32-,33?,34?,35?,36?,37-,38-,39-,42+,43-,44-,45-,46+,47+,48+,49-,50-,51?,52-,53-,54-,55-,56+,57-/m1/s1. The van der Waals surface area contributed by atoms with Gasteiger partial charge in [0.25, 0.3) is 0 Å². The quantitative estimate of drug-likeness (QED) is 0.0423. The highest BCUT2D eigenvalue weighted by atomic mass is 16.8. The van der Waals surface area contributed by atoms with Crippen molar-refractivity contribution in [2.24, 2.45) is 23.7 Å². The van der Waals surface area contributed by atoms with Crippen molar-refractivity contribution in [3.05, 3.63) is 24.3 Å². The maximum Gasteiger partial charge on any atom is 0.330 e. The van der Waals surface area contributed by atoms with Gasteiger partial charge in [0.05, 0.1) is 80.9 Å². The minimum absolute atomic E-state index is 0.0139. The molecule has 30 heteroatoms. The van der Waals surface area contributed by atoms with E-state index in [1.165, 1.54) is 13.2 Å². The highest BCUT2D eigenvalue weighted by Gasteiger charge is 2.56. The van der Waals surface area contributed by atoms with Crippen LogP contribution in [0.5, 0.6) is 0 Å². The smallest absolute Gasteiger partial charge is 0.330 e. The normalized spacial score (nSPS) is 49.3. The minimum atomic E-state index is -2.02. The second kappa shape index (κ2) is 30.9. The molecule has 9 aliphatic rings. The predicted molar refractivity (Wildman–Crippen MR) is 286 cm³/mol. The van der Waals surface area contributed by atoms with Gasteiger partial charge in [0.1, 0.15) is 92.1 Å². The average Bonchev–Trinajstić information content (AvgIpc) is 1.07. The first-order valence-electron chi connectivity index (χ1n) is 30.4. The molecule has 0 aromatic carbocycles. The van der Waals surface area contributed by atoms with Crippen LogP contribution in [0.3, 0.4) is 0 Å². The Hall–Kier alpha value is -2.62. The topological polar surface area (TPSA) is 469 Å². The van der Waals surface area contributed by atoms with Crippen molar-refractivity contribution in [2.45, 2.75) is 261 Å². The van der Waals surface area contributed by atoms with E-state index < -0.39 is 228 Å². The number of methoxy groups -OCH3 is 1. The zero-order chi connectivity index (χ0) is 62.5.